The van der Waals surface area contributed by atoms with Gasteiger partial charge in [0.1, 0.15) is 5.75 Å². The van der Waals surface area contributed by atoms with Gasteiger partial charge in [0.2, 0.25) is 5.91 Å². The van der Waals surface area contributed by atoms with E-state index in [4.69, 9.17) is 9.73 Å². The van der Waals surface area contributed by atoms with E-state index in [9.17, 15) is 4.79 Å². The average molecular weight is 510 g/mol. The fourth-order valence-electron chi connectivity index (χ4n) is 3.51. The lowest BCUT2D eigenvalue weighted by Gasteiger charge is -2.18. The molecule has 1 saturated heterocycles. The molecule has 2 aromatic carbocycles. The van der Waals surface area contributed by atoms with Crippen LogP contribution in [-0.4, -0.2) is 49.6 Å². The largest absolute Gasteiger partial charge is 0.497 e. The van der Waals surface area contributed by atoms with Gasteiger partial charge in [-0.15, -0.1) is 24.0 Å². The number of benzene rings is 2. The quantitative estimate of drug-likeness (QED) is 0.355. The molecule has 0 aliphatic carbocycles. The van der Waals surface area contributed by atoms with E-state index in [1.807, 2.05) is 24.0 Å². The Morgan fingerprint density at radius 3 is 2.69 bits per heavy atom. The first-order valence-electron chi connectivity index (χ1n) is 10.0. The molecule has 1 fully saturated rings. The Bertz CT molecular complexity index is 856. The zero-order chi connectivity index (χ0) is 19.9. The van der Waals surface area contributed by atoms with E-state index in [-0.39, 0.29) is 35.9 Å². The zero-order valence-electron chi connectivity index (χ0n) is 17.4. The highest BCUT2D eigenvalue weighted by molar-refractivity contribution is 14.0. The van der Waals surface area contributed by atoms with Gasteiger partial charge in [-0.1, -0.05) is 25.1 Å². The van der Waals surface area contributed by atoms with Crippen LogP contribution in [0.15, 0.2) is 41.4 Å². The summed E-state index contributed by atoms with van der Waals surface area (Å²) >= 11 is 0. The molecular formula is C22H31IN4O2. The Hall–Kier alpha value is -2.03. The summed E-state index contributed by atoms with van der Waals surface area (Å²) in [6.07, 6.45) is 1.52. The first kappa shape index (κ1) is 23.3. The third kappa shape index (κ3) is 6.22. The Labute approximate surface area is 190 Å². The lowest BCUT2D eigenvalue weighted by molar-refractivity contribution is -0.129. The predicted octanol–water partition coefficient (Wildman–Crippen LogP) is 3.53. The predicted molar refractivity (Wildman–Crippen MR) is 129 cm³/mol. The normalized spacial score (nSPS) is 16.4. The van der Waals surface area contributed by atoms with Gasteiger partial charge in [0.15, 0.2) is 5.96 Å². The number of guanidine groups is 1. The number of nitrogens with zero attached hydrogens (tertiary/aromatic N) is 2. The average Bonchev–Trinajstić information content (AvgIpc) is 3.19. The first-order valence-corrected chi connectivity index (χ1v) is 10.0. The molecule has 6 nitrogen and oxygen atoms in total. The van der Waals surface area contributed by atoms with Gasteiger partial charge in [0.25, 0.3) is 0 Å². The minimum Gasteiger partial charge on any atom is -0.497 e. The molecule has 0 aromatic heterocycles. The van der Waals surface area contributed by atoms with Crippen molar-refractivity contribution in [3.05, 3.63) is 42.0 Å². The van der Waals surface area contributed by atoms with Crippen molar-refractivity contribution < 1.29 is 9.53 Å². The van der Waals surface area contributed by atoms with Crippen LogP contribution in [0.1, 0.15) is 32.3 Å². The Morgan fingerprint density at radius 1 is 1.21 bits per heavy atom. The summed E-state index contributed by atoms with van der Waals surface area (Å²) in [6, 6.07) is 12.7. The number of hydrogen-bond donors (Lipinski definition) is 2. The van der Waals surface area contributed by atoms with Crippen LogP contribution < -0.4 is 15.4 Å². The highest BCUT2D eigenvalue weighted by atomic mass is 127. The van der Waals surface area contributed by atoms with Gasteiger partial charge in [0.05, 0.1) is 13.7 Å². The van der Waals surface area contributed by atoms with Crippen LogP contribution >= 0.6 is 24.0 Å². The van der Waals surface area contributed by atoms with Gasteiger partial charge in [-0.25, -0.2) is 4.99 Å². The van der Waals surface area contributed by atoms with Crippen molar-refractivity contribution in [3.8, 4) is 5.75 Å². The fraction of sp³-hybridized carbons (Fsp3) is 0.455. The molecule has 1 amide bonds. The number of carbonyl (C=O) groups is 1. The molecular weight excluding hydrogens is 479 g/mol. The van der Waals surface area contributed by atoms with Crippen LogP contribution in [0.2, 0.25) is 0 Å². The molecule has 158 valence electrons. The molecule has 1 aliphatic rings. The number of rotatable bonds is 6. The van der Waals surface area contributed by atoms with E-state index in [0.29, 0.717) is 13.0 Å². The van der Waals surface area contributed by atoms with Crippen molar-refractivity contribution in [3.63, 3.8) is 0 Å². The summed E-state index contributed by atoms with van der Waals surface area (Å²) in [5.74, 6) is 1.89. The van der Waals surface area contributed by atoms with Crippen molar-refractivity contribution in [2.45, 2.75) is 39.3 Å². The molecule has 2 N–H and O–H groups in total. The van der Waals surface area contributed by atoms with Crippen molar-refractivity contribution in [2.75, 3.05) is 26.7 Å². The maximum atomic E-state index is 11.9. The number of halogens is 1. The Morgan fingerprint density at radius 2 is 1.97 bits per heavy atom. The van der Waals surface area contributed by atoms with E-state index >= 15 is 0 Å². The molecule has 0 radical (unpaired) electrons. The number of ether oxygens (including phenoxy) is 1. The van der Waals surface area contributed by atoms with Crippen molar-refractivity contribution in [1.82, 2.24) is 15.5 Å². The van der Waals surface area contributed by atoms with Crippen molar-refractivity contribution >= 4 is 46.6 Å². The van der Waals surface area contributed by atoms with Crippen LogP contribution in [0.5, 0.6) is 5.75 Å². The maximum Gasteiger partial charge on any atom is 0.222 e. The lowest BCUT2D eigenvalue weighted by atomic mass is 10.1. The van der Waals surface area contributed by atoms with Crippen LogP contribution in [-0.2, 0) is 11.3 Å². The number of methoxy groups -OCH3 is 1. The molecule has 1 unspecified atom stereocenters. The van der Waals surface area contributed by atoms with E-state index in [2.05, 4.69) is 41.8 Å². The molecule has 3 rings (SSSR count). The summed E-state index contributed by atoms with van der Waals surface area (Å²) in [7, 11) is 1.68. The van der Waals surface area contributed by atoms with Gasteiger partial charge in [0, 0.05) is 32.1 Å². The van der Waals surface area contributed by atoms with Crippen LogP contribution in [0, 0.1) is 0 Å². The number of hydrogen-bond acceptors (Lipinski definition) is 3. The topological polar surface area (TPSA) is 66.0 Å². The first-order chi connectivity index (χ1) is 13.6. The second-order valence-corrected chi connectivity index (χ2v) is 7.07. The molecule has 0 bridgehead atoms. The fourth-order valence-corrected chi connectivity index (χ4v) is 3.51. The molecule has 1 heterocycles. The highest BCUT2D eigenvalue weighted by Crippen LogP contribution is 2.22. The smallest absolute Gasteiger partial charge is 0.222 e. The number of carbonyl (C=O) groups excluding carboxylic acids is 1. The molecule has 29 heavy (non-hydrogen) atoms. The van der Waals surface area contributed by atoms with Gasteiger partial charge in [-0.3, -0.25) is 4.79 Å². The summed E-state index contributed by atoms with van der Waals surface area (Å²) in [6.45, 7) is 6.93. The Kier molecular flexibility index (Phi) is 9.00. The molecule has 2 aromatic rings. The number of aliphatic imine (C=N–C) groups is 1. The van der Waals surface area contributed by atoms with Crippen LogP contribution in [0.3, 0.4) is 0 Å². The van der Waals surface area contributed by atoms with Crippen LogP contribution in [0.25, 0.3) is 10.8 Å². The molecule has 7 heteroatoms. The molecule has 0 spiro atoms. The number of nitrogens with one attached hydrogen (secondary N) is 2. The second kappa shape index (κ2) is 11.2. The van der Waals surface area contributed by atoms with E-state index in [1.54, 1.807) is 7.11 Å². The Balaban J connectivity index is 0.00000300. The zero-order valence-corrected chi connectivity index (χ0v) is 19.7. The monoisotopic (exact) mass is 510 g/mol. The minimum atomic E-state index is 0. The minimum absolute atomic E-state index is 0. The second-order valence-electron chi connectivity index (χ2n) is 7.07. The van der Waals surface area contributed by atoms with E-state index in [1.165, 1.54) is 5.39 Å². The van der Waals surface area contributed by atoms with Gasteiger partial charge in [-0.05, 0) is 47.9 Å². The molecule has 1 atom stereocenters. The standard InChI is InChI=1S/C22H30N4O2.HI/c1-4-21(27)26-11-10-19(15-26)25-22(23-5-2)24-14-16-6-7-18-13-20(28-3)9-8-17(18)12-16;/h6-9,12-13,19H,4-5,10-11,14-15H2,1-3H3,(H2,23,24,25);1H. The summed E-state index contributed by atoms with van der Waals surface area (Å²) < 4.78 is 5.29. The van der Waals surface area contributed by atoms with Crippen LogP contribution in [0.4, 0.5) is 0 Å². The van der Waals surface area contributed by atoms with E-state index in [0.717, 1.165) is 48.7 Å². The number of likely N-dealkylation sites (tertiary alicyclic amines) is 1. The van der Waals surface area contributed by atoms with Crippen molar-refractivity contribution in [2.24, 2.45) is 4.99 Å². The van der Waals surface area contributed by atoms with Crippen molar-refractivity contribution in [1.29, 1.82) is 0 Å². The summed E-state index contributed by atoms with van der Waals surface area (Å²) in [5.41, 5.74) is 1.16. The maximum absolute atomic E-state index is 11.9. The SMILES string of the molecule is CCNC(=NCc1ccc2cc(OC)ccc2c1)NC1CCN(C(=O)CC)C1.I. The van der Waals surface area contributed by atoms with E-state index < -0.39 is 0 Å². The van der Waals surface area contributed by atoms with Gasteiger partial charge >= 0.3 is 0 Å². The molecule has 0 saturated carbocycles. The number of amides is 1. The van der Waals surface area contributed by atoms with Gasteiger partial charge < -0.3 is 20.3 Å². The summed E-state index contributed by atoms with van der Waals surface area (Å²) in [4.78, 5) is 18.5. The summed E-state index contributed by atoms with van der Waals surface area (Å²) in [5, 5.41) is 9.12. The molecule has 1 aliphatic heterocycles. The van der Waals surface area contributed by atoms with Gasteiger partial charge in [-0.2, -0.15) is 0 Å². The highest BCUT2D eigenvalue weighted by Gasteiger charge is 2.25. The lowest BCUT2D eigenvalue weighted by Crippen LogP contribution is -2.45. The number of fused-ring (bicyclic) bond motifs is 1. The third-order valence-electron chi connectivity index (χ3n) is 5.06. The third-order valence-corrected chi connectivity index (χ3v) is 5.06.